The molecule has 1 aromatic carbocycles. The average molecular weight is 477 g/mol. The van der Waals surface area contributed by atoms with Gasteiger partial charge in [-0.2, -0.15) is 11.8 Å². The van der Waals surface area contributed by atoms with Crippen molar-refractivity contribution in [2.45, 2.75) is 44.2 Å². The number of nitrogens with zero attached hydrogens (tertiary/aromatic N) is 2. The zero-order valence-corrected chi connectivity index (χ0v) is 20.1. The maximum atomic E-state index is 12.7. The number of H-pyrrole nitrogens is 1. The lowest BCUT2D eigenvalue weighted by Crippen LogP contribution is -2.59. The van der Waals surface area contributed by atoms with E-state index in [0.717, 1.165) is 75.6 Å². The molecule has 2 fully saturated rings. The zero-order chi connectivity index (χ0) is 22.4. The number of aromatic nitrogens is 2. The monoisotopic (exact) mass is 476 g/mol. The normalized spacial score (nSPS) is 21.8. The molecule has 0 saturated carbocycles. The van der Waals surface area contributed by atoms with Crippen LogP contribution in [0.2, 0.25) is 0 Å². The SMILES string of the molecule is O=C(CCCCCn1c(=S)[nH]c2ccccc2c1=O)NCC1(N2CCOCC2)CCSC1. The van der Waals surface area contributed by atoms with Gasteiger partial charge in [0.15, 0.2) is 4.77 Å². The van der Waals surface area contributed by atoms with Gasteiger partial charge in [0.2, 0.25) is 5.91 Å². The molecule has 1 amide bonds. The molecule has 0 radical (unpaired) electrons. The van der Waals surface area contributed by atoms with E-state index in [-0.39, 0.29) is 17.0 Å². The van der Waals surface area contributed by atoms with Crippen molar-refractivity contribution in [2.75, 3.05) is 44.4 Å². The van der Waals surface area contributed by atoms with Crippen LogP contribution in [0.15, 0.2) is 29.1 Å². The number of para-hydroxylation sites is 1. The minimum Gasteiger partial charge on any atom is -0.379 e. The maximum Gasteiger partial charge on any atom is 0.262 e. The summed E-state index contributed by atoms with van der Waals surface area (Å²) in [5, 5.41) is 3.85. The van der Waals surface area contributed by atoms with Crippen LogP contribution in [0.5, 0.6) is 0 Å². The third-order valence-electron chi connectivity index (χ3n) is 6.55. The van der Waals surface area contributed by atoms with Crippen LogP contribution in [0.4, 0.5) is 0 Å². The summed E-state index contributed by atoms with van der Waals surface area (Å²) in [7, 11) is 0. The molecular weight excluding hydrogens is 444 g/mol. The molecule has 1 atom stereocenters. The second-order valence-electron chi connectivity index (χ2n) is 8.65. The third-order valence-corrected chi connectivity index (χ3v) is 8.11. The molecule has 7 nitrogen and oxygen atoms in total. The van der Waals surface area contributed by atoms with Gasteiger partial charge in [-0.25, -0.2) is 0 Å². The number of carbonyl (C=O) groups is 1. The van der Waals surface area contributed by atoms with E-state index in [1.807, 2.05) is 36.0 Å². The highest BCUT2D eigenvalue weighted by Crippen LogP contribution is 2.33. The molecule has 1 aromatic heterocycles. The second-order valence-corrected chi connectivity index (χ2v) is 10.1. The molecule has 0 spiro atoms. The molecule has 2 saturated heterocycles. The van der Waals surface area contributed by atoms with Crippen LogP contribution in [0.3, 0.4) is 0 Å². The summed E-state index contributed by atoms with van der Waals surface area (Å²) in [5.41, 5.74) is 0.799. The Balaban J connectivity index is 1.21. The minimum atomic E-state index is -0.0510. The smallest absolute Gasteiger partial charge is 0.262 e. The van der Waals surface area contributed by atoms with Crippen molar-refractivity contribution in [3.63, 3.8) is 0 Å². The first-order chi connectivity index (χ1) is 15.6. The lowest BCUT2D eigenvalue weighted by atomic mass is 9.95. The Morgan fingerprint density at radius 1 is 1.22 bits per heavy atom. The molecule has 2 N–H and O–H groups in total. The van der Waals surface area contributed by atoms with Gasteiger partial charge in [0.25, 0.3) is 5.56 Å². The van der Waals surface area contributed by atoms with E-state index in [9.17, 15) is 9.59 Å². The summed E-state index contributed by atoms with van der Waals surface area (Å²) in [6, 6.07) is 7.42. The molecule has 4 rings (SSSR count). The van der Waals surface area contributed by atoms with Crippen LogP contribution in [0.1, 0.15) is 32.1 Å². The fourth-order valence-electron chi connectivity index (χ4n) is 4.62. The Labute approximate surface area is 197 Å². The standard InChI is InChI=1S/C23H32N4O3S2/c28-20(24-16-23(9-15-32-17-23)26-11-13-30-14-12-26)8-2-1-5-10-27-21(29)18-6-3-4-7-19(18)25-22(27)31/h3-4,6-7H,1-2,5,8-17H2,(H,24,28)(H,25,31). The van der Waals surface area contributed by atoms with Gasteiger partial charge in [0.1, 0.15) is 0 Å². The molecule has 2 aromatic rings. The lowest BCUT2D eigenvalue weighted by Gasteiger charge is -2.43. The summed E-state index contributed by atoms with van der Waals surface area (Å²) in [4.78, 5) is 30.8. The van der Waals surface area contributed by atoms with Crippen molar-refractivity contribution in [3.05, 3.63) is 39.4 Å². The van der Waals surface area contributed by atoms with E-state index >= 15 is 0 Å². The van der Waals surface area contributed by atoms with Crippen molar-refractivity contribution < 1.29 is 9.53 Å². The molecule has 32 heavy (non-hydrogen) atoms. The number of benzene rings is 1. The number of amides is 1. The Morgan fingerprint density at radius 2 is 2.03 bits per heavy atom. The zero-order valence-electron chi connectivity index (χ0n) is 18.4. The number of thioether (sulfide) groups is 1. The number of hydrogen-bond donors (Lipinski definition) is 2. The van der Waals surface area contributed by atoms with Crippen LogP contribution in [0.25, 0.3) is 10.9 Å². The van der Waals surface area contributed by atoms with Gasteiger partial charge in [0.05, 0.1) is 24.1 Å². The van der Waals surface area contributed by atoms with Crippen molar-refractivity contribution in [1.29, 1.82) is 0 Å². The van der Waals surface area contributed by atoms with Crippen LogP contribution < -0.4 is 10.9 Å². The quantitative estimate of drug-likeness (QED) is 0.428. The van der Waals surface area contributed by atoms with E-state index < -0.39 is 0 Å². The average Bonchev–Trinajstić information content (AvgIpc) is 3.30. The summed E-state index contributed by atoms with van der Waals surface area (Å²) in [6.07, 6.45) is 4.15. The highest BCUT2D eigenvalue weighted by Gasteiger charge is 2.40. The molecule has 3 heterocycles. The molecule has 2 aliphatic heterocycles. The maximum absolute atomic E-state index is 12.7. The summed E-state index contributed by atoms with van der Waals surface area (Å²) in [6.45, 7) is 4.76. The Hall–Kier alpha value is -1.68. The van der Waals surface area contributed by atoms with Crippen LogP contribution >= 0.6 is 24.0 Å². The number of rotatable bonds is 9. The van der Waals surface area contributed by atoms with Gasteiger partial charge < -0.3 is 15.0 Å². The van der Waals surface area contributed by atoms with E-state index in [1.165, 1.54) is 0 Å². The topological polar surface area (TPSA) is 79.4 Å². The third kappa shape index (κ3) is 5.44. The van der Waals surface area contributed by atoms with Gasteiger partial charge in [-0.15, -0.1) is 0 Å². The van der Waals surface area contributed by atoms with Crippen molar-refractivity contribution in [2.24, 2.45) is 0 Å². The molecule has 0 aliphatic carbocycles. The lowest BCUT2D eigenvalue weighted by molar-refractivity contribution is -0.122. The molecule has 9 heteroatoms. The first-order valence-electron chi connectivity index (χ1n) is 11.5. The number of ether oxygens (including phenoxy) is 1. The Kier molecular flexibility index (Phi) is 8.04. The second kappa shape index (κ2) is 11.0. The Morgan fingerprint density at radius 3 is 2.81 bits per heavy atom. The fourth-order valence-corrected chi connectivity index (χ4v) is 6.38. The number of fused-ring (bicyclic) bond motifs is 1. The van der Waals surface area contributed by atoms with E-state index in [0.29, 0.717) is 23.1 Å². The predicted molar refractivity (Wildman–Crippen MR) is 132 cm³/mol. The van der Waals surface area contributed by atoms with Crippen LogP contribution in [-0.4, -0.2) is 70.3 Å². The van der Waals surface area contributed by atoms with E-state index in [1.54, 1.807) is 4.57 Å². The summed E-state index contributed by atoms with van der Waals surface area (Å²) in [5.74, 6) is 2.35. The number of carbonyl (C=O) groups excluding carboxylic acids is 1. The van der Waals surface area contributed by atoms with Crippen LogP contribution in [-0.2, 0) is 16.1 Å². The Bertz CT molecular complexity index is 1040. The van der Waals surface area contributed by atoms with Gasteiger partial charge >= 0.3 is 0 Å². The molecular formula is C23H32N4O3S2. The predicted octanol–water partition coefficient (Wildman–Crippen LogP) is 2.94. The van der Waals surface area contributed by atoms with Crippen molar-refractivity contribution in [1.82, 2.24) is 19.8 Å². The minimum absolute atomic E-state index is 0.0510. The molecule has 2 aliphatic rings. The van der Waals surface area contributed by atoms with E-state index in [4.69, 9.17) is 17.0 Å². The van der Waals surface area contributed by atoms with Gasteiger partial charge in [-0.1, -0.05) is 18.6 Å². The van der Waals surface area contributed by atoms with Crippen molar-refractivity contribution >= 4 is 40.8 Å². The number of unbranched alkanes of at least 4 members (excludes halogenated alkanes) is 2. The molecule has 0 bridgehead atoms. The van der Waals surface area contributed by atoms with Gasteiger partial charge in [-0.05, 0) is 49.4 Å². The summed E-state index contributed by atoms with van der Waals surface area (Å²) >= 11 is 7.35. The number of hydrogen-bond acceptors (Lipinski definition) is 6. The fraction of sp³-hybridized carbons (Fsp3) is 0.609. The first kappa shape index (κ1) is 23.5. The highest BCUT2D eigenvalue weighted by atomic mass is 32.2. The van der Waals surface area contributed by atoms with Gasteiger partial charge in [0, 0.05) is 43.9 Å². The number of morpholine rings is 1. The molecule has 1 unspecified atom stereocenters. The van der Waals surface area contributed by atoms with Crippen LogP contribution in [0, 0.1) is 4.77 Å². The number of nitrogens with one attached hydrogen (secondary N) is 2. The summed E-state index contributed by atoms with van der Waals surface area (Å²) < 4.78 is 7.59. The first-order valence-corrected chi connectivity index (χ1v) is 13.0. The number of aromatic amines is 1. The van der Waals surface area contributed by atoms with Gasteiger partial charge in [-0.3, -0.25) is 19.1 Å². The van der Waals surface area contributed by atoms with Crippen molar-refractivity contribution in [3.8, 4) is 0 Å². The highest BCUT2D eigenvalue weighted by molar-refractivity contribution is 7.99. The largest absolute Gasteiger partial charge is 0.379 e. The van der Waals surface area contributed by atoms with E-state index in [2.05, 4.69) is 15.2 Å². The molecule has 174 valence electrons.